The summed E-state index contributed by atoms with van der Waals surface area (Å²) in [7, 11) is 0. The lowest BCUT2D eigenvalue weighted by Gasteiger charge is -2.28. The zero-order chi connectivity index (χ0) is 22.0. The number of aliphatic imine (C=N–C) groups is 1. The molecule has 5 heteroatoms. The molecule has 0 bridgehead atoms. The second-order valence-corrected chi connectivity index (χ2v) is 9.60. The molecule has 0 saturated heterocycles. The Hall–Kier alpha value is -2.92. The first kappa shape index (κ1) is 21.3. The van der Waals surface area contributed by atoms with Gasteiger partial charge in [-0.1, -0.05) is 68.0 Å². The van der Waals surface area contributed by atoms with Gasteiger partial charge in [0.2, 0.25) is 0 Å². The number of rotatable bonds is 4. The van der Waals surface area contributed by atoms with Gasteiger partial charge in [0.25, 0.3) is 5.91 Å². The Balaban J connectivity index is 1.73. The lowest BCUT2D eigenvalue weighted by Crippen LogP contribution is -2.31. The highest BCUT2D eigenvalue weighted by molar-refractivity contribution is 7.98. The first-order chi connectivity index (χ1) is 14.8. The van der Waals surface area contributed by atoms with E-state index in [4.69, 9.17) is 10.1 Å². The lowest BCUT2D eigenvalue weighted by molar-refractivity contribution is -0.122. The molecule has 1 heterocycles. The third kappa shape index (κ3) is 4.88. The largest absolute Gasteiger partial charge is 0.298 e. The number of hydrazone groups is 1. The van der Waals surface area contributed by atoms with Crippen LogP contribution in [0.1, 0.15) is 44.7 Å². The molecule has 0 N–H and O–H groups in total. The van der Waals surface area contributed by atoms with Crippen LogP contribution in [-0.2, 0) is 4.79 Å². The van der Waals surface area contributed by atoms with Gasteiger partial charge in [-0.2, -0.15) is 10.1 Å². The Morgan fingerprint density at radius 2 is 1.81 bits per heavy atom. The number of carbonyl (C=O) groups excluding carboxylic acids is 1. The van der Waals surface area contributed by atoms with Crippen molar-refractivity contribution in [3.05, 3.63) is 83.1 Å². The molecule has 0 atom stereocenters. The van der Waals surface area contributed by atoms with Crippen LogP contribution in [0.3, 0.4) is 0 Å². The molecule has 31 heavy (non-hydrogen) atoms. The van der Waals surface area contributed by atoms with Gasteiger partial charge in [0, 0.05) is 22.6 Å². The Labute approximate surface area is 188 Å². The lowest BCUT2D eigenvalue weighted by atomic mass is 9.79. The van der Waals surface area contributed by atoms with Crippen molar-refractivity contribution in [2.75, 3.05) is 6.26 Å². The van der Waals surface area contributed by atoms with Crippen molar-refractivity contribution in [2.24, 2.45) is 15.5 Å². The maximum absolute atomic E-state index is 13.4. The highest BCUT2D eigenvalue weighted by Crippen LogP contribution is 2.33. The number of nitrogens with zero attached hydrogens (tertiary/aromatic N) is 3. The Morgan fingerprint density at radius 1 is 1.10 bits per heavy atom. The fourth-order valence-corrected chi connectivity index (χ4v) is 4.53. The molecule has 2 aliphatic rings. The molecule has 1 aliphatic heterocycles. The minimum Gasteiger partial charge on any atom is -0.265 e. The van der Waals surface area contributed by atoms with Crippen LogP contribution in [0, 0.1) is 5.41 Å². The smallest absolute Gasteiger partial charge is 0.265 e. The third-order valence-corrected chi connectivity index (χ3v) is 6.05. The van der Waals surface area contributed by atoms with E-state index in [1.807, 2.05) is 54.8 Å². The molecule has 0 saturated carbocycles. The third-order valence-electron chi connectivity index (χ3n) is 5.31. The minimum absolute atomic E-state index is 0.0334. The summed E-state index contributed by atoms with van der Waals surface area (Å²) in [4.78, 5) is 19.2. The van der Waals surface area contributed by atoms with Crippen molar-refractivity contribution in [1.29, 1.82) is 0 Å². The SMILES string of the molecule is CSc1ccc(/C=C2/N=C(c3ccccc3)N(/N=C3\CC(C)=CC(C)(C)C3)C2=O)cc1. The second kappa shape index (κ2) is 8.67. The summed E-state index contributed by atoms with van der Waals surface area (Å²) in [5.41, 5.74) is 4.55. The molecule has 0 spiro atoms. The quantitative estimate of drug-likeness (QED) is 0.332. The number of hydrogen-bond acceptors (Lipinski definition) is 4. The van der Waals surface area contributed by atoms with E-state index in [0.717, 1.165) is 29.7 Å². The number of benzene rings is 2. The Kier molecular flexibility index (Phi) is 5.96. The summed E-state index contributed by atoms with van der Waals surface area (Å²) < 4.78 is 0. The van der Waals surface area contributed by atoms with Gasteiger partial charge in [0.15, 0.2) is 5.84 Å². The molecule has 158 valence electrons. The van der Waals surface area contributed by atoms with Crippen LogP contribution < -0.4 is 0 Å². The average Bonchev–Trinajstić information content (AvgIpc) is 3.03. The molecule has 4 nitrogen and oxygen atoms in total. The Morgan fingerprint density at radius 3 is 2.45 bits per heavy atom. The van der Waals surface area contributed by atoms with E-state index in [0.29, 0.717) is 11.5 Å². The Bertz CT molecular complexity index is 1110. The van der Waals surface area contributed by atoms with Crippen LogP contribution in [0.25, 0.3) is 6.08 Å². The van der Waals surface area contributed by atoms with Crippen LogP contribution in [0.2, 0.25) is 0 Å². The fourth-order valence-electron chi connectivity index (χ4n) is 4.12. The topological polar surface area (TPSA) is 45.0 Å². The van der Waals surface area contributed by atoms with Gasteiger partial charge in [-0.25, -0.2) is 4.99 Å². The van der Waals surface area contributed by atoms with Crippen LogP contribution in [0.4, 0.5) is 0 Å². The van der Waals surface area contributed by atoms with Gasteiger partial charge >= 0.3 is 0 Å². The number of amides is 1. The predicted octanol–water partition coefficient (Wildman–Crippen LogP) is 6.16. The first-order valence-electron chi connectivity index (χ1n) is 10.4. The molecule has 1 aliphatic carbocycles. The first-order valence-corrected chi connectivity index (χ1v) is 11.7. The molecular formula is C26H27N3OS. The van der Waals surface area contributed by atoms with Gasteiger partial charge in [0.1, 0.15) is 5.70 Å². The van der Waals surface area contributed by atoms with E-state index in [9.17, 15) is 4.79 Å². The maximum Gasteiger partial charge on any atom is 0.298 e. The zero-order valence-electron chi connectivity index (χ0n) is 18.4. The number of thioether (sulfide) groups is 1. The maximum atomic E-state index is 13.4. The summed E-state index contributed by atoms with van der Waals surface area (Å²) in [5, 5.41) is 6.31. The molecule has 0 aromatic heterocycles. The molecule has 1 amide bonds. The highest BCUT2D eigenvalue weighted by atomic mass is 32.2. The second-order valence-electron chi connectivity index (χ2n) is 8.72. The van der Waals surface area contributed by atoms with Gasteiger partial charge in [-0.15, -0.1) is 11.8 Å². The van der Waals surface area contributed by atoms with Gasteiger partial charge < -0.3 is 0 Å². The van der Waals surface area contributed by atoms with E-state index in [1.165, 1.54) is 15.5 Å². The minimum atomic E-state index is -0.190. The predicted molar refractivity (Wildman–Crippen MR) is 130 cm³/mol. The number of amidine groups is 1. The van der Waals surface area contributed by atoms with Crippen LogP contribution >= 0.6 is 11.8 Å². The normalized spacial score (nSPS) is 20.9. The number of carbonyl (C=O) groups is 1. The van der Waals surface area contributed by atoms with Crippen LogP contribution in [0.5, 0.6) is 0 Å². The van der Waals surface area contributed by atoms with Crippen LogP contribution in [-0.4, -0.2) is 28.7 Å². The molecular weight excluding hydrogens is 402 g/mol. The highest BCUT2D eigenvalue weighted by Gasteiger charge is 2.33. The summed E-state index contributed by atoms with van der Waals surface area (Å²) in [6.07, 6.45) is 7.79. The summed E-state index contributed by atoms with van der Waals surface area (Å²) in [5.74, 6) is 0.389. The number of hydrogen-bond donors (Lipinski definition) is 0. The zero-order valence-corrected chi connectivity index (χ0v) is 19.2. The van der Waals surface area contributed by atoms with Crippen LogP contribution in [0.15, 0.2) is 86.9 Å². The van der Waals surface area contributed by atoms with Gasteiger partial charge in [-0.3, -0.25) is 4.79 Å². The molecule has 0 unspecified atom stereocenters. The average molecular weight is 430 g/mol. The summed E-state index contributed by atoms with van der Waals surface area (Å²) in [6.45, 7) is 6.53. The van der Waals surface area contributed by atoms with E-state index in [-0.39, 0.29) is 11.3 Å². The van der Waals surface area contributed by atoms with E-state index in [1.54, 1.807) is 11.8 Å². The van der Waals surface area contributed by atoms with Crippen molar-refractivity contribution >= 4 is 35.3 Å². The van der Waals surface area contributed by atoms with E-state index in [2.05, 4.69) is 39.0 Å². The van der Waals surface area contributed by atoms with Crippen molar-refractivity contribution in [2.45, 2.75) is 38.5 Å². The molecule has 2 aromatic carbocycles. The van der Waals surface area contributed by atoms with Gasteiger partial charge in [0.05, 0.1) is 0 Å². The molecule has 2 aromatic rings. The van der Waals surface area contributed by atoms with Crippen molar-refractivity contribution in [3.8, 4) is 0 Å². The summed E-state index contributed by atoms with van der Waals surface area (Å²) in [6, 6.07) is 17.9. The van der Waals surface area contributed by atoms with Crippen molar-refractivity contribution < 1.29 is 4.79 Å². The number of allylic oxidation sites excluding steroid dienone is 2. The van der Waals surface area contributed by atoms with E-state index >= 15 is 0 Å². The molecule has 0 fully saturated rings. The summed E-state index contributed by atoms with van der Waals surface area (Å²) >= 11 is 1.69. The van der Waals surface area contributed by atoms with Gasteiger partial charge in [-0.05, 0) is 48.8 Å². The molecule has 4 rings (SSSR count). The standard InChI is InChI=1S/C26H27N3OS/c1-18-14-21(17-26(2,3)16-18)28-29-24(20-8-6-5-7-9-20)27-23(25(29)30)15-19-10-12-22(31-4)13-11-19/h5-13,15-16H,14,17H2,1-4H3/b23-15+,28-21+. The van der Waals surface area contributed by atoms with Crippen molar-refractivity contribution in [3.63, 3.8) is 0 Å². The van der Waals surface area contributed by atoms with Crippen molar-refractivity contribution in [1.82, 2.24) is 5.01 Å². The monoisotopic (exact) mass is 429 g/mol. The molecule has 0 radical (unpaired) electrons. The van der Waals surface area contributed by atoms with E-state index < -0.39 is 0 Å². The fraction of sp³-hybridized carbons (Fsp3) is 0.269.